The van der Waals surface area contributed by atoms with Crippen molar-refractivity contribution in [2.75, 3.05) is 41.8 Å². The van der Waals surface area contributed by atoms with Gasteiger partial charge in [-0.15, -0.1) is 0 Å². The second-order valence-electron chi connectivity index (χ2n) is 8.72. The van der Waals surface area contributed by atoms with Crippen molar-refractivity contribution < 1.29 is 95.3 Å². The maximum absolute atomic E-state index is 11.8. The molecule has 0 bridgehead atoms. The molecule has 0 aliphatic heterocycles. The summed E-state index contributed by atoms with van der Waals surface area (Å²) in [5, 5.41) is 25.3. The number of rotatable bonds is 11. The predicted molar refractivity (Wildman–Crippen MR) is 152 cm³/mol. The largest absolute Gasteiger partial charge is 1.00 e. The zero-order chi connectivity index (χ0) is 30.1. The number of fused-ring (bicyclic) bond motifs is 2. The van der Waals surface area contributed by atoms with Crippen LogP contribution in [-0.2, 0) is 20.2 Å². The maximum atomic E-state index is 11.8. The zero-order valence-corrected chi connectivity index (χ0v) is 29.8. The third-order valence-corrected chi connectivity index (χ3v) is 8.50. The van der Waals surface area contributed by atoms with E-state index in [0.29, 0.717) is 11.2 Å². The summed E-state index contributed by atoms with van der Waals surface area (Å²) in [7, 11) is -10.2. The van der Waals surface area contributed by atoms with Gasteiger partial charge >= 0.3 is 59.1 Å². The van der Waals surface area contributed by atoms with E-state index in [1.54, 1.807) is 0 Å². The van der Waals surface area contributed by atoms with Gasteiger partial charge in [-0.1, -0.05) is 29.5 Å². The minimum atomic E-state index is -5.12. The van der Waals surface area contributed by atoms with Crippen molar-refractivity contribution in [3.63, 3.8) is 0 Å². The van der Waals surface area contributed by atoms with Crippen LogP contribution in [0.25, 0.3) is 21.0 Å². The Kier molecular flexibility index (Phi) is 12.4. The number of anilines is 5. The summed E-state index contributed by atoms with van der Waals surface area (Å²) < 4.78 is 71.3. The number of aliphatic hydroxyl groups is 2. The summed E-state index contributed by atoms with van der Waals surface area (Å²) in [6, 6.07) is 13.0. The molecule has 220 valence electrons. The Bertz CT molecular complexity index is 1980. The molecule has 0 aliphatic rings. The van der Waals surface area contributed by atoms with Crippen LogP contribution in [-0.4, -0.2) is 82.4 Å². The van der Waals surface area contributed by atoms with E-state index in [1.165, 1.54) is 34.4 Å². The molecular weight excluding hydrogens is 656 g/mol. The van der Waals surface area contributed by atoms with Crippen LogP contribution >= 0.6 is 11.3 Å². The van der Waals surface area contributed by atoms with E-state index in [-0.39, 0.29) is 120 Å². The molecule has 0 radical (unpaired) electrons. The van der Waals surface area contributed by atoms with Crippen LogP contribution in [0.2, 0.25) is 0 Å². The van der Waals surface area contributed by atoms with E-state index < -0.39 is 30.0 Å². The fourth-order valence-electron chi connectivity index (χ4n) is 4.06. The van der Waals surface area contributed by atoms with Crippen molar-refractivity contribution in [2.45, 2.75) is 9.79 Å². The fourth-order valence-corrected chi connectivity index (χ4v) is 6.25. The second-order valence-corrected chi connectivity index (χ2v) is 12.5. The molecule has 2 aromatic heterocycles. The van der Waals surface area contributed by atoms with Gasteiger partial charge in [0.2, 0.25) is 17.8 Å². The first-order valence-corrected chi connectivity index (χ1v) is 15.7. The minimum Gasteiger partial charge on any atom is -0.744 e. The first-order chi connectivity index (χ1) is 19.9. The molecular formula is C24H21N7Na2O8S3. The standard InChI is InChI=1S/C24H23N7O8S3.2Na/c32-9-7-31(8-10-33)23-28-21(27-22(29-23)30-24-26-18-3-1-2-4-19(18)40-24)25-15-5-6-17-14(11-15)12-16(41(34,35)36)13-20(17)42(37,38)39;;/h1-6,11-13,32-33H,7-10H2,(H,34,35,36)(H,37,38,39)(H2,25,26,27,28,29,30);;/q;2*+1/p-2. The molecule has 20 heteroatoms. The number of benzene rings is 3. The quantitative estimate of drug-likeness (QED) is 0.0765. The van der Waals surface area contributed by atoms with E-state index in [4.69, 9.17) is 0 Å². The van der Waals surface area contributed by atoms with Crippen molar-refractivity contribution in [2.24, 2.45) is 0 Å². The van der Waals surface area contributed by atoms with Crippen molar-refractivity contribution in [1.29, 1.82) is 0 Å². The average Bonchev–Trinajstić information content (AvgIpc) is 3.33. The molecule has 0 amide bonds. The molecule has 0 unspecified atom stereocenters. The Morgan fingerprint density at radius 2 is 1.45 bits per heavy atom. The van der Waals surface area contributed by atoms with E-state index in [0.717, 1.165) is 16.3 Å². The SMILES string of the molecule is O=S(=O)([O-])c1cc(S(=O)(=O)[O-])c2ccc(Nc3nc(Nc4nc5ccccc5s4)nc(N(CCO)CCO)n3)cc2c1.[Na+].[Na+]. The zero-order valence-electron chi connectivity index (χ0n) is 23.3. The molecule has 0 fully saturated rings. The van der Waals surface area contributed by atoms with Gasteiger partial charge in [0.15, 0.2) is 5.13 Å². The molecule has 0 saturated carbocycles. The Morgan fingerprint density at radius 3 is 2.07 bits per heavy atom. The third kappa shape index (κ3) is 8.60. The molecule has 5 aromatic rings. The van der Waals surface area contributed by atoms with Crippen LogP contribution in [0, 0.1) is 0 Å². The number of nitrogens with zero attached hydrogens (tertiary/aromatic N) is 5. The van der Waals surface area contributed by atoms with Crippen LogP contribution in [0.5, 0.6) is 0 Å². The maximum Gasteiger partial charge on any atom is 1.00 e. The molecule has 4 N–H and O–H groups in total. The number of aromatic nitrogens is 4. The molecule has 5 rings (SSSR count). The van der Waals surface area contributed by atoms with Gasteiger partial charge in [-0.2, -0.15) is 15.0 Å². The molecule has 0 spiro atoms. The topological polar surface area (TPSA) is 234 Å². The summed E-state index contributed by atoms with van der Waals surface area (Å²) in [5.41, 5.74) is 1.01. The number of para-hydroxylation sites is 1. The van der Waals surface area contributed by atoms with Gasteiger partial charge in [-0.25, -0.2) is 21.8 Å². The van der Waals surface area contributed by atoms with Crippen LogP contribution in [0.15, 0.2) is 64.4 Å². The van der Waals surface area contributed by atoms with Gasteiger partial charge in [-0.3, -0.25) is 5.32 Å². The van der Waals surface area contributed by atoms with E-state index in [9.17, 15) is 36.2 Å². The van der Waals surface area contributed by atoms with Crippen molar-refractivity contribution in [1.82, 2.24) is 19.9 Å². The van der Waals surface area contributed by atoms with E-state index in [2.05, 4.69) is 30.6 Å². The summed E-state index contributed by atoms with van der Waals surface area (Å²) in [6.45, 7) is -0.315. The van der Waals surface area contributed by atoms with Crippen LogP contribution < -0.4 is 74.6 Å². The minimum absolute atomic E-state index is 0. The summed E-state index contributed by atoms with van der Waals surface area (Å²) in [4.78, 5) is 17.4. The number of nitrogens with one attached hydrogen (secondary N) is 2. The first kappa shape index (κ1) is 36.4. The number of hydrogen-bond acceptors (Lipinski definition) is 16. The number of aliphatic hydroxyl groups excluding tert-OH is 2. The monoisotopic (exact) mass is 677 g/mol. The molecule has 2 heterocycles. The normalized spacial score (nSPS) is 11.5. The molecule has 3 aromatic carbocycles. The van der Waals surface area contributed by atoms with Gasteiger partial charge in [0, 0.05) is 18.8 Å². The predicted octanol–water partition coefficient (Wildman–Crippen LogP) is -4.27. The Hall–Kier alpha value is -2.04. The Balaban J connectivity index is 0.00000264. The molecule has 0 saturated heterocycles. The average molecular weight is 678 g/mol. The number of hydrogen-bond donors (Lipinski definition) is 4. The summed E-state index contributed by atoms with van der Waals surface area (Å²) >= 11 is 1.36. The van der Waals surface area contributed by atoms with Crippen molar-refractivity contribution >= 4 is 81.2 Å². The van der Waals surface area contributed by atoms with Gasteiger partial charge in [0.1, 0.15) is 20.2 Å². The van der Waals surface area contributed by atoms with Crippen LogP contribution in [0.1, 0.15) is 0 Å². The third-order valence-electron chi connectivity index (χ3n) is 5.86. The Labute approximate surface area is 299 Å². The summed E-state index contributed by atoms with van der Waals surface area (Å²) in [6.07, 6.45) is 0. The molecule has 44 heavy (non-hydrogen) atoms. The van der Waals surface area contributed by atoms with Crippen molar-refractivity contribution in [3.8, 4) is 0 Å². The second kappa shape index (κ2) is 15.0. The fraction of sp³-hybridized carbons (Fsp3) is 0.167. The first-order valence-electron chi connectivity index (χ1n) is 12.1. The van der Waals surface area contributed by atoms with Gasteiger partial charge in [-0.05, 0) is 47.2 Å². The van der Waals surface area contributed by atoms with Gasteiger partial charge < -0.3 is 29.5 Å². The van der Waals surface area contributed by atoms with Gasteiger partial charge in [0.25, 0.3) is 0 Å². The van der Waals surface area contributed by atoms with Crippen LogP contribution in [0.4, 0.5) is 28.7 Å². The smallest absolute Gasteiger partial charge is 0.744 e. The van der Waals surface area contributed by atoms with Gasteiger partial charge in [0.05, 0.1) is 33.2 Å². The Morgan fingerprint density at radius 1 is 0.795 bits per heavy atom. The van der Waals surface area contributed by atoms with Crippen molar-refractivity contribution in [3.05, 3.63) is 54.6 Å². The van der Waals surface area contributed by atoms with E-state index in [1.807, 2.05) is 24.3 Å². The van der Waals surface area contributed by atoms with Crippen LogP contribution in [0.3, 0.4) is 0 Å². The van der Waals surface area contributed by atoms with E-state index >= 15 is 0 Å². The summed E-state index contributed by atoms with van der Waals surface area (Å²) in [5.74, 6) is 0.148. The number of thiazole rings is 1. The molecule has 0 aliphatic carbocycles. The molecule has 0 atom stereocenters. The molecule has 15 nitrogen and oxygen atoms in total.